The molecule has 2 aromatic rings. The molecule has 1 unspecified atom stereocenters. The molecule has 0 saturated heterocycles. The van der Waals surface area contributed by atoms with Gasteiger partial charge in [-0.05, 0) is 44.5 Å². The Balaban J connectivity index is 2.34. The molecule has 0 spiro atoms. The maximum atomic E-state index is 13.0. The molecule has 0 radical (unpaired) electrons. The first kappa shape index (κ1) is 15.7. The molecule has 21 heavy (non-hydrogen) atoms. The lowest BCUT2D eigenvalue weighted by Crippen LogP contribution is -2.25. The summed E-state index contributed by atoms with van der Waals surface area (Å²) in [6.07, 6.45) is 3.16. The van der Waals surface area contributed by atoms with E-state index in [2.05, 4.69) is 9.38 Å². The number of aromatic nitrogens is 1. The smallest absolute Gasteiger partial charge is 0.144 e. The Labute approximate surface area is 127 Å². The SMILES string of the molecule is CC(C)(C)[S+]([O-])N=Cc1ncccc1-c1ccc(F)cc1. The van der Waals surface area contributed by atoms with Crippen LogP contribution in [0.15, 0.2) is 47.0 Å². The van der Waals surface area contributed by atoms with Crippen LogP contribution in [-0.4, -0.2) is 20.5 Å². The van der Waals surface area contributed by atoms with E-state index in [1.54, 1.807) is 24.4 Å². The number of hydrogen-bond acceptors (Lipinski definition) is 3. The van der Waals surface area contributed by atoms with E-state index in [9.17, 15) is 8.94 Å². The Morgan fingerprint density at radius 1 is 1.19 bits per heavy atom. The number of benzene rings is 1. The third-order valence-corrected chi connectivity index (χ3v) is 4.13. The third-order valence-electron chi connectivity index (χ3n) is 2.79. The predicted molar refractivity (Wildman–Crippen MR) is 85.1 cm³/mol. The Kier molecular flexibility index (Phi) is 4.75. The zero-order valence-corrected chi connectivity index (χ0v) is 13.0. The molecule has 110 valence electrons. The topological polar surface area (TPSA) is 48.3 Å². The second-order valence-corrected chi connectivity index (χ2v) is 7.47. The minimum atomic E-state index is -1.34. The molecule has 1 aromatic heterocycles. The van der Waals surface area contributed by atoms with Gasteiger partial charge in [0.25, 0.3) is 0 Å². The molecule has 1 atom stereocenters. The van der Waals surface area contributed by atoms with Crippen LogP contribution in [0.3, 0.4) is 0 Å². The number of pyridine rings is 1. The lowest BCUT2D eigenvalue weighted by Gasteiger charge is -2.17. The van der Waals surface area contributed by atoms with Crippen LogP contribution in [0.25, 0.3) is 11.1 Å². The van der Waals surface area contributed by atoms with Crippen LogP contribution in [0.1, 0.15) is 26.5 Å². The molecule has 5 heteroatoms. The minimum absolute atomic E-state index is 0.285. The van der Waals surface area contributed by atoms with Crippen molar-refractivity contribution in [3.05, 3.63) is 54.1 Å². The van der Waals surface area contributed by atoms with E-state index in [1.165, 1.54) is 18.3 Å². The van der Waals surface area contributed by atoms with E-state index in [1.807, 2.05) is 26.8 Å². The number of nitrogens with zero attached hydrogens (tertiary/aromatic N) is 2. The molecule has 1 heterocycles. The van der Waals surface area contributed by atoms with Gasteiger partial charge in [-0.15, -0.1) is 0 Å². The maximum absolute atomic E-state index is 13.0. The van der Waals surface area contributed by atoms with E-state index in [0.29, 0.717) is 5.69 Å². The van der Waals surface area contributed by atoms with Gasteiger partial charge in [0, 0.05) is 11.8 Å². The molecule has 3 nitrogen and oxygen atoms in total. The van der Waals surface area contributed by atoms with Gasteiger partial charge in [-0.25, -0.2) is 4.39 Å². The van der Waals surface area contributed by atoms with E-state index in [4.69, 9.17) is 0 Å². The molecule has 0 saturated carbocycles. The molecular formula is C16H17FN2OS. The van der Waals surface area contributed by atoms with Gasteiger partial charge in [-0.2, -0.15) is 0 Å². The summed E-state index contributed by atoms with van der Waals surface area (Å²) in [7, 11) is 0. The van der Waals surface area contributed by atoms with Gasteiger partial charge in [-0.1, -0.05) is 22.6 Å². The summed E-state index contributed by atoms with van der Waals surface area (Å²) < 4.78 is 28.6. The molecule has 0 fully saturated rings. The van der Waals surface area contributed by atoms with Gasteiger partial charge in [0.15, 0.2) is 0 Å². The number of hydrogen-bond donors (Lipinski definition) is 0. The summed E-state index contributed by atoms with van der Waals surface area (Å²) in [6.45, 7) is 5.58. The lowest BCUT2D eigenvalue weighted by molar-refractivity contribution is 0.562. The Hall–Kier alpha value is -1.72. The second-order valence-electron chi connectivity index (χ2n) is 5.54. The first-order valence-corrected chi connectivity index (χ1v) is 7.65. The summed E-state index contributed by atoms with van der Waals surface area (Å²) in [4.78, 5) is 4.25. The van der Waals surface area contributed by atoms with Crippen LogP contribution in [-0.2, 0) is 11.4 Å². The molecule has 0 aliphatic rings. The van der Waals surface area contributed by atoms with Crippen LogP contribution in [0.2, 0.25) is 0 Å². The highest BCUT2D eigenvalue weighted by molar-refractivity contribution is 7.91. The van der Waals surface area contributed by atoms with E-state index < -0.39 is 16.1 Å². The fourth-order valence-electron chi connectivity index (χ4n) is 1.65. The van der Waals surface area contributed by atoms with Crippen LogP contribution in [0.4, 0.5) is 4.39 Å². The highest BCUT2D eigenvalue weighted by Crippen LogP contribution is 2.22. The van der Waals surface area contributed by atoms with Gasteiger partial charge in [0.1, 0.15) is 28.1 Å². The number of halogens is 1. The van der Waals surface area contributed by atoms with Crippen molar-refractivity contribution in [2.45, 2.75) is 25.5 Å². The van der Waals surface area contributed by atoms with Crippen LogP contribution >= 0.6 is 0 Å². The molecule has 0 bridgehead atoms. The highest BCUT2D eigenvalue weighted by Gasteiger charge is 2.26. The first-order valence-electron chi connectivity index (χ1n) is 6.55. The van der Waals surface area contributed by atoms with Gasteiger partial charge in [0.2, 0.25) is 0 Å². The summed E-state index contributed by atoms with van der Waals surface area (Å²) in [5.41, 5.74) is 2.28. The van der Waals surface area contributed by atoms with E-state index in [0.717, 1.165) is 11.1 Å². The lowest BCUT2D eigenvalue weighted by atomic mass is 10.0. The molecule has 1 aromatic carbocycles. The molecule has 0 aliphatic heterocycles. The molecule has 0 N–H and O–H groups in total. The van der Waals surface area contributed by atoms with Gasteiger partial charge >= 0.3 is 0 Å². The normalized spacial score (nSPS) is 13.6. The Morgan fingerprint density at radius 2 is 1.86 bits per heavy atom. The second kappa shape index (κ2) is 6.37. The van der Waals surface area contributed by atoms with Crippen molar-refractivity contribution < 1.29 is 8.94 Å². The highest BCUT2D eigenvalue weighted by atomic mass is 32.2. The van der Waals surface area contributed by atoms with Crippen molar-refractivity contribution >= 4 is 17.6 Å². The summed E-state index contributed by atoms with van der Waals surface area (Å²) >= 11 is -1.34. The standard InChI is InChI=1S/C16H17FN2OS/c1-16(2,3)21(20)19-11-15-14(5-4-10-18-15)12-6-8-13(17)9-7-12/h4-11H,1-3H3. The van der Waals surface area contributed by atoms with Gasteiger partial charge in [-0.3, -0.25) is 4.98 Å². The van der Waals surface area contributed by atoms with Crippen molar-refractivity contribution in [1.82, 2.24) is 4.98 Å². The van der Waals surface area contributed by atoms with Crippen molar-refractivity contribution in [2.75, 3.05) is 0 Å². The van der Waals surface area contributed by atoms with Crippen molar-refractivity contribution in [2.24, 2.45) is 4.40 Å². The van der Waals surface area contributed by atoms with Crippen molar-refractivity contribution in [1.29, 1.82) is 0 Å². The number of rotatable bonds is 3. The Morgan fingerprint density at radius 3 is 2.48 bits per heavy atom. The largest absolute Gasteiger partial charge is 0.591 e. The summed E-state index contributed by atoms with van der Waals surface area (Å²) in [5, 5.41) is 0. The summed E-state index contributed by atoms with van der Waals surface area (Å²) in [6, 6.07) is 9.85. The van der Waals surface area contributed by atoms with Gasteiger partial charge in [0.05, 0.1) is 5.69 Å². The molecular weight excluding hydrogens is 287 g/mol. The monoisotopic (exact) mass is 304 g/mol. The van der Waals surface area contributed by atoms with E-state index >= 15 is 0 Å². The third kappa shape index (κ3) is 4.12. The quantitative estimate of drug-likeness (QED) is 0.640. The fourth-order valence-corrected chi connectivity index (χ4v) is 2.16. The van der Waals surface area contributed by atoms with Crippen molar-refractivity contribution in [3.63, 3.8) is 0 Å². The van der Waals surface area contributed by atoms with Crippen LogP contribution < -0.4 is 0 Å². The zero-order valence-electron chi connectivity index (χ0n) is 12.2. The predicted octanol–water partition coefficient (Wildman–Crippen LogP) is 3.77. The maximum Gasteiger partial charge on any atom is 0.144 e. The molecule has 2 rings (SSSR count). The van der Waals surface area contributed by atoms with Crippen LogP contribution in [0.5, 0.6) is 0 Å². The van der Waals surface area contributed by atoms with Crippen LogP contribution in [0, 0.1) is 5.82 Å². The molecule has 0 aliphatic carbocycles. The fraction of sp³-hybridized carbons (Fsp3) is 0.250. The minimum Gasteiger partial charge on any atom is -0.591 e. The van der Waals surface area contributed by atoms with E-state index in [-0.39, 0.29) is 5.82 Å². The summed E-state index contributed by atoms with van der Waals surface area (Å²) in [5.74, 6) is -0.285. The average Bonchev–Trinajstić information content (AvgIpc) is 2.45. The Bertz CT molecular complexity index is 635. The average molecular weight is 304 g/mol. The zero-order chi connectivity index (χ0) is 15.5. The molecule has 0 amide bonds. The first-order chi connectivity index (χ1) is 9.88. The van der Waals surface area contributed by atoms with Crippen molar-refractivity contribution in [3.8, 4) is 11.1 Å². The van der Waals surface area contributed by atoms with Gasteiger partial charge < -0.3 is 4.55 Å².